The summed E-state index contributed by atoms with van der Waals surface area (Å²) in [6, 6.07) is 1.86. The van der Waals surface area contributed by atoms with Gasteiger partial charge < -0.3 is 10.2 Å². The van der Waals surface area contributed by atoms with Crippen LogP contribution in [0.1, 0.15) is 26.2 Å². The largest absolute Gasteiger partial charge is 0.342 e. The first kappa shape index (κ1) is 13.1. The average molecular weight is 276 g/mol. The summed E-state index contributed by atoms with van der Waals surface area (Å²) in [7, 11) is 0. The van der Waals surface area contributed by atoms with Gasteiger partial charge in [-0.3, -0.25) is 14.3 Å². The van der Waals surface area contributed by atoms with E-state index < -0.39 is 5.54 Å². The lowest BCUT2D eigenvalue weighted by atomic mass is 9.94. The predicted molar refractivity (Wildman–Crippen MR) is 72.7 cm³/mol. The van der Waals surface area contributed by atoms with E-state index in [0.29, 0.717) is 32.0 Å². The molecule has 0 spiro atoms. The molecule has 3 rings (SSSR count). The maximum atomic E-state index is 12.7. The van der Waals surface area contributed by atoms with Crippen LogP contribution in [0, 0.1) is 5.92 Å². The Morgan fingerprint density at radius 1 is 1.40 bits per heavy atom. The van der Waals surface area contributed by atoms with E-state index in [1.165, 1.54) is 0 Å². The number of rotatable bonds is 4. The van der Waals surface area contributed by atoms with Gasteiger partial charge in [0.05, 0.1) is 6.54 Å². The number of nitrogens with zero attached hydrogens (tertiary/aromatic N) is 3. The van der Waals surface area contributed by atoms with Crippen molar-refractivity contribution < 1.29 is 9.59 Å². The molecule has 6 nitrogen and oxygen atoms in total. The van der Waals surface area contributed by atoms with Gasteiger partial charge in [0, 0.05) is 31.9 Å². The van der Waals surface area contributed by atoms with Crippen LogP contribution in [0.15, 0.2) is 18.5 Å². The minimum absolute atomic E-state index is 0.0191. The van der Waals surface area contributed by atoms with Gasteiger partial charge in [0.1, 0.15) is 5.54 Å². The topological polar surface area (TPSA) is 67.2 Å². The summed E-state index contributed by atoms with van der Waals surface area (Å²) in [4.78, 5) is 26.4. The number of amides is 2. The third kappa shape index (κ3) is 2.42. The van der Waals surface area contributed by atoms with Crippen LogP contribution in [0.3, 0.4) is 0 Å². The second kappa shape index (κ2) is 4.92. The van der Waals surface area contributed by atoms with Crippen LogP contribution in [-0.4, -0.2) is 45.1 Å². The summed E-state index contributed by atoms with van der Waals surface area (Å²) >= 11 is 0. The smallest absolute Gasteiger partial charge is 0.248 e. The van der Waals surface area contributed by atoms with Gasteiger partial charge in [-0.2, -0.15) is 5.10 Å². The van der Waals surface area contributed by atoms with Gasteiger partial charge in [-0.1, -0.05) is 0 Å². The lowest BCUT2D eigenvalue weighted by Crippen LogP contribution is -2.57. The molecule has 0 radical (unpaired) electrons. The Bertz CT molecular complexity index is 509. The first-order valence-electron chi connectivity index (χ1n) is 7.17. The molecule has 1 saturated carbocycles. The first-order chi connectivity index (χ1) is 9.59. The van der Waals surface area contributed by atoms with Crippen molar-refractivity contribution in [1.82, 2.24) is 20.0 Å². The highest BCUT2D eigenvalue weighted by Crippen LogP contribution is 2.41. The highest BCUT2D eigenvalue weighted by molar-refractivity contribution is 5.93. The second-order valence-corrected chi connectivity index (χ2v) is 5.84. The van der Waals surface area contributed by atoms with Crippen molar-refractivity contribution in [3.05, 3.63) is 18.5 Å². The van der Waals surface area contributed by atoms with E-state index in [9.17, 15) is 9.59 Å². The van der Waals surface area contributed by atoms with Crippen molar-refractivity contribution >= 4 is 11.8 Å². The maximum absolute atomic E-state index is 12.7. The lowest BCUT2D eigenvalue weighted by Gasteiger charge is -2.32. The van der Waals surface area contributed by atoms with Crippen LogP contribution >= 0.6 is 0 Å². The fraction of sp³-hybridized carbons (Fsp3) is 0.643. The van der Waals surface area contributed by atoms with Crippen LogP contribution in [0.5, 0.6) is 0 Å². The monoisotopic (exact) mass is 276 g/mol. The number of aromatic nitrogens is 2. The minimum atomic E-state index is -0.711. The van der Waals surface area contributed by atoms with Crippen molar-refractivity contribution in [2.45, 2.75) is 38.3 Å². The predicted octanol–water partition coefficient (Wildman–Crippen LogP) is 0.400. The maximum Gasteiger partial charge on any atom is 0.248 e. The first-order valence-corrected chi connectivity index (χ1v) is 7.17. The molecule has 1 aliphatic heterocycles. The zero-order valence-electron chi connectivity index (χ0n) is 11.7. The van der Waals surface area contributed by atoms with Crippen molar-refractivity contribution in [2.75, 3.05) is 13.1 Å². The zero-order valence-corrected chi connectivity index (χ0v) is 11.7. The van der Waals surface area contributed by atoms with Crippen molar-refractivity contribution in [2.24, 2.45) is 5.92 Å². The van der Waals surface area contributed by atoms with Crippen molar-refractivity contribution in [1.29, 1.82) is 0 Å². The SMILES string of the molecule is CC1(C2CC2)NC(=O)CCN(CCn2cccn2)C1=O. The fourth-order valence-corrected chi connectivity index (χ4v) is 2.88. The van der Waals surface area contributed by atoms with E-state index in [0.717, 1.165) is 12.8 Å². The van der Waals surface area contributed by atoms with E-state index in [2.05, 4.69) is 10.4 Å². The molecule has 1 unspecified atom stereocenters. The number of hydrogen-bond donors (Lipinski definition) is 1. The molecule has 2 heterocycles. The van der Waals surface area contributed by atoms with E-state index in [4.69, 9.17) is 0 Å². The van der Waals surface area contributed by atoms with E-state index in [-0.39, 0.29) is 11.8 Å². The van der Waals surface area contributed by atoms with Gasteiger partial charge in [0.2, 0.25) is 11.8 Å². The number of carbonyl (C=O) groups excluding carboxylic acids is 2. The molecular weight excluding hydrogens is 256 g/mol. The molecule has 1 aromatic heterocycles. The molecule has 1 atom stereocenters. The van der Waals surface area contributed by atoms with Crippen LogP contribution in [0.2, 0.25) is 0 Å². The Labute approximate surface area is 118 Å². The van der Waals surface area contributed by atoms with Crippen LogP contribution < -0.4 is 5.32 Å². The third-order valence-electron chi connectivity index (χ3n) is 4.29. The van der Waals surface area contributed by atoms with Gasteiger partial charge in [-0.15, -0.1) is 0 Å². The molecular formula is C14H20N4O2. The molecule has 0 aromatic carbocycles. The summed E-state index contributed by atoms with van der Waals surface area (Å²) in [5.74, 6) is 0.330. The number of hydrogen-bond acceptors (Lipinski definition) is 3. The fourth-order valence-electron chi connectivity index (χ4n) is 2.88. The molecule has 108 valence electrons. The van der Waals surface area contributed by atoms with Gasteiger partial charge >= 0.3 is 0 Å². The molecule has 1 aliphatic carbocycles. The zero-order chi connectivity index (χ0) is 14.2. The summed E-state index contributed by atoms with van der Waals surface area (Å²) in [6.45, 7) is 3.62. The number of nitrogens with one attached hydrogen (secondary N) is 1. The Morgan fingerprint density at radius 3 is 2.85 bits per heavy atom. The summed E-state index contributed by atoms with van der Waals surface area (Å²) in [6.07, 6.45) is 6.04. The molecule has 2 amide bonds. The molecule has 2 aliphatic rings. The Kier molecular flexibility index (Phi) is 3.23. The summed E-state index contributed by atoms with van der Waals surface area (Å²) in [5.41, 5.74) is -0.711. The summed E-state index contributed by atoms with van der Waals surface area (Å²) < 4.78 is 1.81. The van der Waals surface area contributed by atoms with Crippen molar-refractivity contribution in [3.8, 4) is 0 Å². The highest BCUT2D eigenvalue weighted by atomic mass is 16.2. The van der Waals surface area contributed by atoms with E-state index in [1.54, 1.807) is 11.1 Å². The summed E-state index contributed by atoms with van der Waals surface area (Å²) in [5, 5.41) is 7.08. The Balaban J connectivity index is 1.72. The quantitative estimate of drug-likeness (QED) is 0.865. The van der Waals surface area contributed by atoms with Gasteiger partial charge in [-0.25, -0.2) is 0 Å². The Morgan fingerprint density at radius 2 is 2.20 bits per heavy atom. The Hall–Kier alpha value is -1.85. The lowest BCUT2D eigenvalue weighted by molar-refractivity contribution is -0.139. The molecule has 6 heteroatoms. The molecule has 1 saturated heterocycles. The second-order valence-electron chi connectivity index (χ2n) is 5.84. The van der Waals surface area contributed by atoms with Crippen molar-refractivity contribution in [3.63, 3.8) is 0 Å². The van der Waals surface area contributed by atoms with Gasteiger partial charge in [0.15, 0.2) is 0 Å². The third-order valence-corrected chi connectivity index (χ3v) is 4.29. The van der Waals surface area contributed by atoms with Gasteiger partial charge in [0.25, 0.3) is 0 Å². The average Bonchev–Trinajstić information content (AvgIpc) is 3.17. The minimum Gasteiger partial charge on any atom is -0.342 e. The molecule has 20 heavy (non-hydrogen) atoms. The van der Waals surface area contributed by atoms with Crippen LogP contribution in [-0.2, 0) is 16.1 Å². The van der Waals surface area contributed by atoms with Crippen LogP contribution in [0.4, 0.5) is 0 Å². The molecule has 0 bridgehead atoms. The molecule has 1 aromatic rings. The van der Waals surface area contributed by atoms with E-state index >= 15 is 0 Å². The molecule has 2 fully saturated rings. The normalized spacial score (nSPS) is 27.4. The number of carbonyl (C=O) groups is 2. The standard InChI is InChI=1S/C14H20N4O2/c1-14(11-3-4-11)13(20)17(8-5-12(19)16-14)9-10-18-7-2-6-15-18/h2,6-7,11H,3-5,8-10H2,1H3,(H,16,19). The van der Waals surface area contributed by atoms with Gasteiger partial charge in [-0.05, 0) is 31.7 Å². The van der Waals surface area contributed by atoms with E-state index in [1.807, 2.05) is 23.9 Å². The highest BCUT2D eigenvalue weighted by Gasteiger charge is 2.50. The molecule has 1 N–H and O–H groups in total. The van der Waals surface area contributed by atoms with Crippen LogP contribution in [0.25, 0.3) is 0 Å².